The van der Waals surface area contributed by atoms with Crippen molar-refractivity contribution < 1.29 is 9.90 Å². The van der Waals surface area contributed by atoms with E-state index in [1.54, 1.807) is 24.5 Å². The normalized spacial score (nSPS) is 10.1. The molecule has 0 unspecified atom stereocenters. The molecular weight excluding hydrogens is 230 g/mol. The van der Waals surface area contributed by atoms with Gasteiger partial charge in [0, 0.05) is 18.9 Å². The Morgan fingerprint density at radius 3 is 2.94 bits per heavy atom. The highest BCUT2D eigenvalue weighted by atomic mass is 16.4. The molecule has 2 aromatic rings. The largest absolute Gasteiger partial charge is 0.477 e. The minimum atomic E-state index is -1.03. The van der Waals surface area contributed by atoms with Crippen molar-refractivity contribution in [1.29, 1.82) is 0 Å². The number of carboxylic acid groups (broad SMARTS) is 1. The molecule has 0 saturated heterocycles. The molecule has 0 bridgehead atoms. The lowest BCUT2D eigenvalue weighted by Crippen LogP contribution is -2.06. The molecule has 0 aliphatic heterocycles. The fourth-order valence-electron chi connectivity index (χ4n) is 1.52. The maximum atomic E-state index is 10.8. The van der Waals surface area contributed by atoms with E-state index in [0.29, 0.717) is 12.4 Å². The fraction of sp³-hybridized carbons (Fsp3) is 0.154. The van der Waals surface area contributed by atoms with E-state index in [9.17, 15) is 4.79 Å². The van der Waals surface area contributed by atoms with Gasteiger partial charge in [-0.15, -0.1) is 0 Å². The van der Waals surface area contributed by atoms with Crippen LogP contribution in [0.4, 0.5) is 5.82 Å². The molecule has 0 atom stereocenters. The third-order valence-electron chi connectivity index (χ3n) is 2.58. The summed E-state index contributed by atoms with van der Waals surface area (Å²) in [6.45, 7) is 2.57. The van der Waals surface area contributed by atoms with Crippen LogP contribution < -0.4 is 5.32 Å². The number of hydrogen-bond donors (Lipinski definition) is 2. The first kappa shape index (κ1) is 12.0. The molecule has 0 aliphatic carbocycles. The predicted octanol–water partition coefficient (Wildman–Crippen LogP) is 2.10. The Kier molecular flexibility index (Phi) is 3.52. The molecule has 0 amide bonds. The zero-order valence-corrected chi connectivity index (χ0v) is 9.92. The molecule has 5 nitrogen and oxygen atoms in total. The van der Waals surface area contributed by atoms with Crippen molar-refractivity contribution in [3.63, 3.8) is 0 Å². The van der Waals surface area contributed by atoms with E-state index in [-0.39, 0.29) is 5.69 Å². The van der Waals surface area contributed by atoms with Crippen LogP contribution >= 0.6 is 0 Å². The molecular formula is C13H13N3O2. The second kappa shape index (κ2) is 5.27. The molecule has 2 aromatic heterocycles. The standard InChI is InChI=1S/C13H13N3O2/c1-9-5-6-14-7-10(9)8-15-12-4-2-3-11(16-12)13(17)18/h2-7H,8H2,1H3,(H,15,16)(H,17,18). The Bertz CT molecular complexity index is 570. The summed E-state index contributed by atoms with van der Waals surface area (Å²) in [5.41, 5.74) is 2.22. The summed E-state index contributed by atoms with van der Waals surface area (Å²) in [4.78, 5) is 18.8. The Hall–Kier alpha value is -2.43. The number of aryl methyl sites for hydroxylation is 1. The van der Waals surface area contributed by atoms with Crippen molar-refractivity contribution in [2.45, 2.75) is 13.5 Å². The summed E-state index contributed by atoms with van der Waals surface area (Å²) < 4.78 is 0. The SMILES string of the molecule is Cc1ccncc1CNc1cccc(C(=O)O)n1. The molecule has 2 rings (SSSR count). The first-order chi connectivity index (χ1) is 8.66. The zero-order chi connectivity index (χ0) is 13.0. The van der Waals surface area contributed by atoms with Gasteiger partial charge >= 0.3 is 5.97 Å². The molecule has 2 N–H and O–H groups in total. The number of nitrogens with one attached hydrogen (secondary N) is 1. The first-order valence-corrected chi connectivity index (χ1v) is 5.50. The minimum absolute atomic E-state index is 0.0305. The van der Waals surface area contributed by atoms with Gasteiger partial charge in [-0.05, 0) is 36.2 Å². The van der Waals surface area contributed by atoms with Crippen LogP contribution in [0.3, 0.4) is 0 Å². The average molecular weight is 243 g/mol. The minimum Gasteiger partial charge on any atom is -0.477 e. The first-order valence-electron chi connectivity index (χ1n) is 5.50. The highest BCUT2D eigenvalue weighted by molar-refractivity contribution is 5.85. The summed E-state index contributed by atoms with van der Waals surface area (Å²) in [5, 5.41) is 11.9. The number of aromatic nitrogens is 2. The summed E-state index contributed by atoms with van der Waals surface area (Å²) >= 11 is 0. The summed E-state index contributed by atoms with van der Waals surface area (Å²) in [7, 11) is 0. The Labute approximate surface area is 105 Å². The second-order valence-corrected chi connectivity index (χ2v) is 3.87. The molecule has 92 valence electrons. The van der Waals surface area contributed by atoms with E-state index in [1.807, 2.05) is 13.0 Å². The van der Waals surface area contributed by atoms with Gasteiger partial charge in [0.1, 0.15) is 5.82 Å². The third kappa shape index (κ3) is 2.82. The van der Waals surface area contributed by atoms with Crippen molar-refractivity contribution in [3.8, 4) is 0 Å². The quantitative estimate of drug-likeness (QED) is 0.860. The van der Waals surface area contributed by atoms with Gasteiger partial charge in [-0.2, -0.15) is 0 Å². The molecule has 0 radical (unpaired) electrons. The third-order valence-corrected chi connectivity index (χ3v) is 2.58. The monoisotopic (exact) mass is 243 g/mol. The number of hydrogen-bond acceptors (Lipinski definition) is 4. The zero-order valence-electron chi connectivity index (χ0n) is 9.92. The number of anilines is 1. The summed E-state index contributed by atoms with van der Waals surface area (Å²) in [6, 6.07) is 6.79. The van der Waals surface area contributed by atoms with Crippen molar-refractivity contribution in [2.75, 3.05) is 5.32 Å². The molecule has 18 heavy (non-hydrogen) atoms. The van der Waals surface area contributed by atoms with E-state index < -0.39 is 5.97 Å². The average Bonchev–Trinajstić information content (AvgIpc) is 2.38. The lowest BCUT2D eigenvalue weighted by molar-refractivity contribution is 0.0690. The van der Waals surface area contributed by atoms with Gasteiger partial charge in [-0.25, -0.2) is 9.78 Å². The predicted molar refractivity (Wildman–Crippen MR) is 67.5 cm³/mol. The van der Waals surface area contributed by atoms with Gasteiger partial charge in [0.05, 0.1) is 0 Å². The lowest BCUT2D eigenvalue weighted by Gasteiger charge is -2.08. The van der Waals surface area contributed by atoms with Crippen molar-refractivity contribution in [1.82, 2.24) is 9.97 Å². The highest BCUT2D eigenvalue weighted by Gasteiger charge is 2.05. The van der Waals surface area contributed by atoms with Gasteiger partial charge in [-0.1, -0.05) is 6.07 Å². The number of pyridine rings is 2. The Balaban J connectivity index is 2.09. The maximum Gasteiger partial charge on any atom is 0.354 e. The van der Waals surface area contributed by atoms with E-state index >= 15 is 0 Å². The van der Waals surface area contributed by atoms with Crippen LogP contribution in [0.5, 0.6) is 0 Å². The van der Waals surface area contributed by atoms with E-state index in [0.717, 1.165) is 11.1 Å². The summed E-state index contributed by atoms with van der Waals surface area (Å²) in [6.07, 6.45) is 3.52. The van der Waals surface area contributed by atoms with E-state index in [1.165, 1.54) is 6.07 Å². The van der Waals surface area contributed by atoms with Crippen LogP contribution in [0.25, 0.3) is 0 Å². The van der Waals surface area contributed by atoms with Crippen molar-refractivity contribution in [3.05, 3.63) is 53.5 Å². The maximum absolute atomic E-state index is 10.8. The molecule has 2 heterocycles. The second-order valence-electron chi connectivity index (χ2n) is 3.87. The topological polar surface area (TPSA) is 75.1 Å². The van der Waals surface area contributed by atoms with Crippen LogP contribution in [0.15, 0.2) is 36.7 Å². The number of carbonyl (C=O) groups is 1. The number of carboxylic acids is 1. The van der Waals surface area contributed by atoms with Crippen LogP contribution in [0.2, 0.25) is 0 Å². The fourth-order valence-corrected chi connectivity index (χ4v) is 1.52. The number of rotatable bonds is 4. The number of nitrogens with zero attached hydrogens (tertiary/aromatic N) is 2. The van der Waals surface area contributed by atoms with Crippen LogP contribution in [0, 0.1) is 6.92 Å². The van der Waals surface area contributed by atoms with Gasteiger partial charge in [0.2, 0.25) is 0 Å². The van der Waals surface area contributed by atoms with Crippen LogP contribution in [-0.4, -0.2) is 21.0 Å². The number of aromatic carboxylic acids is 1. The molecule has 0 aromatic carbocycles. The van der Waals surface area contributed by atoms with Crippen molar-refractivity contribution in [2.24, 2.45) is 0 Å². The Morgan fingerprint density at radius 1 is 1.39 bits per heavy atom. The summed E-state index contributed by atoms with van der Waals surface area (Å²) in [5.74, 6) is -0.491. The molecule has 0 aliphatic rings. The van der Waals surface area contributed by atoms with Gasteiger partial charge in [-0.3, -0.25) is 4.98 Å². The molecule has 5 heteroatoms. The molecule has 0 spiro atoms. The van der Waals surface area contributed by atoms with Gasteiger partial charge < -0.3 is 10.4 Å². The van der Waals surface area contributed by atoms with E-state index in [4.69, 9.17) is 5.11 Å². The van der Waals surface area contributed by atoms with Crippen molar-refractivity contribution >= 4 is 11.8 Å². The smallest absolute Gasteiger partial charge is 0.354 e. The van der Waals surface area contributed by atoms with Gasteiger partial charge in [0.15, 0.2) is 5.69 Å². The highest BCUT2D eigenvalue weighted by Crippen LogP contribution is 2.09. The lowest BCUT2D eigenvalue weighted by atomic mass is 10.1. The molecule has 0 saturated carbocycles. The van der Waals surface area contributed by atoms with E-state index in [2.05, 4.69) is 15.3 Å². The van der Waals surface area contributed by atoms with Crippen LogP contribution in [-0.2, 0) is 6.54 Å². The van der Waals surface area contributed by atoms with Crippen LogP contribution in [0.1, 0.15) is 21.6 Å². The molecule has 0 fully saturated rings. The van der Waals surface area contributed by atoms with Gasteiger partial charge in [0.25, 0.3) is 0 Å². The Morgan fingerprint density at radius 2 is 2.22 bits per heavy atom.